The molecule has 3 aliphatic heterocycles. The van der Waals surface area contributed by atoms with Gasteiger partial charge < -0.3 is 15.2 Å². The Kier molecular flexibility index (Phi) is 5.52. The van der Waals surface area contributed by atoms with Crippen molar-refractivity contribution in [1.82, 2.24) is 14.5 Å². The molecule has 3 fully saturated rings. The molecule has 0 bridgehead atoms. The number of nitrogens with zero attached hydrogens (tertiary/aromatic N) is 5. The maximum atomic E-state index is 14.1. The van der Waals surface area contributed by atoms with Crippen LogP contribution in [0.2, 0.25) is 0 Å². The van der Waals surface area contributed by atoms with Crippen LogP contribution in [0.1, 0.15) is 33.1 Å². The predicted molar refractivity (Wildman–Crippen MR) is 135 cm³/mol. The highest BCUT2D eigenvalue weighted by Crippen LogP contribution is 2.43. The molecule has 196 valence electrons. The molecule has 0 radical (unpaired) electrons. The third-order valence-corrected chi connectivity index (χ3v) is 8.50. The van der Waals surface area contributed by atoms with E-state index in [0.29, 0.717) is 29.6 Å². The number of fused-ring (bicyclic) bond motifs is 3. The van der Waals surface area contributed by atoms with Crippen molar-refractivity contribution < 1.29 is 23.2 Å². The van der Waals surface area contributed by atoms with Gasteiger partial charge in [0.25, 0.3) is 11.8 Å². The number of thioether (sulfide) groups is 1. The molecule has 2 aromatic rings. The summed E-state index contributed by atoms with van der Waals surface area (Å²) in [7, 11) is 0. The van der Waals surface area contributed by atoms with Gasteiger partial charge >= 0.3 is 6.03 Å². The lowest BCUT2D eigenvalue weighted by atomic mass is 10.0. The average Bonchev–Trinajstić information content (AvgIpc) is 3.44. The van der Waals surface area contributed by atoms with Gasteiger partial charge in [-0.15, -0.1) is 11.8 Å². The number of aryl methyl sites for hydroxylation is 1. The van der Waals surface area contributed by atoms with Gasteiger partial charge in [0.1, 0.15) is 17.9 Å². The molecule has 4 aliphatic rings. The van der Waals surface area contributed by atoms with Crippen LogP contribution in [0.3, 0.4) is 0 Å². The molecule has 2 atom stereocenters. The molecule has 2 N–H and O–H groups in total. The quantitative estimate of drug-likeness (QED) is 0.595. The van der Waals surface area contributed by atoms with Gasteiger partial charge in [0.05, 0.1) is 6.54 Å². The predicted octanol–water partition coefficient (Wildman–Crippen LogP) is 3.31. The van der Waals surface area contributed by atoms with Crippen LogP contribution in [-0.4, -0.2) is 68.6 Å². The first-order valence-corrected chi connectivity index (χ1v) is 13.5. The number of carbonyl (C=O) groups is 3. The molecule has 37 heavy (non-hydrogen) atoms. The smallest absolute Gasteiger partial charge is 0.333 e. The van der Waals surface area contributed by atoms with Gasteiger partial charge in [0.15, 0.2) is 5.82 Å². The molecule has 2 saturated heterocycles. The molecule has 4 amide bonds. The fourth-order valence-corrected chi connectivity index (χ4v) is 6.60. The van der Waals surface area contributed by atoms with Crippen LogP contribution < -0.4 is 15.5 Å². The molecule has 6 rings (SSSR count). The molecule has 0 spiro atoms. The van der Waals surface area contributed by atoms with E-state index in [1.165, 1.54) is 14.7 Å². The number of rotatable bonds is 5. The minimum Gasteiger partial charge on any atom is -0.368 e. The second kappa shape index (κ2) is 8.44. The van der Waals surface area contributed by atoms with Crippen LogP contribution in [0.4, 0.5) is 25.1 Å². The molecule has 1 aromatic carbocycles. The Labute approximate surface area is 217 Å². The van der Waals surface area contributed by atoms with E-state index in [-0.39, 0.29) is 23.9 Å². The number of hydrogen-bond acceptors (Lipinski definition) is 6. The number of halogens is 2. The lowest BCUT2D eigenvalue weighted by molar-refractivity contribution is -0.128. The van der Waals surface area contributed by atoms with Gasteiger partial charge in [-0.25, -0.2) is 18.6 Å². The van der Waals surface area contributed by atoms with Crippen molar-refractivity contribution in [1.29, 1.82) is 0 Å². The Morgan fingerprint density at radius 1 is 1.22 bits per heavy atom. The van der Waals surface area contributed by atoms with Crippen molar-refractivity contribution in [2.75, 3.05) is 22.1 Å². The summed E-state index contributed by atoms with van der Waals surface area (Å²) >= 11 is 1.58. The fourth-order valence-electron chi connectivity index (χ4n) is 5.57. The zero-order chi connectivity index (χ0) is 26.2. The van der Waals surface area contributed by atoms with Crippen LogP contribution in [-0.2, 0) is 16.1 Å². The van der Waals surface area contributed by atoms with Crippen molar-refractivity contribution in [3.8, 4) is 11.4 Å². The van der Waals surface area contributed by atoms with E-state index < -0.39 is 36.9 Å². The van der Waals surface area contributed by atoms with Gasteiger partial charge in [0, 0.05) is 47.1 Å². The Bertz CT molecular complexity index is 1310. The number of carbonyl (C=O) groups excluding carboxylic acids is 3. The van der Waals surface area contributed by atoms with Gasteiger partial charge in [-0.3, -0.25) is 19.4 Å². The fraction of sp³-hybridized carbons (Fsp3) is 0.520. The number of alkyl halides is 2. The molecular formula is C25H28F2N6O3S. The molecule has 1 saturated carbocycles. The van der Waals surface area contributed by atoms with Crippen molar-refractivity contribution in [3.05, 3.63) is 24.4 Å². The zero-order valence-corrected chi connectivity index (χ0v) is 21.4. The van der Waals surface area contributed by atoms with E-state index in [2.05, 4.69) is 0 Å². The van der Waals surface area contributed by atoms with Crippen LogP contribution >= 0.6 is 11.8 Å². The van der Waals surface area contributed by atoms with E-state index in [9.17, 15) is 23.2 Å². The van der Waals surface area contributed by atoms with Gasteiger partial charge in [0.2, 0.25) is 5.91 Å². The largest absolute Gasteiger partial charge is 0.368 e. The van der Waals surface area contributed by atoms with Crippen molar-refractivity contribution >= 4 is 41.1 Å². The Morgan fingerprint density at radius 3 is 2.65 bits per heavy atom. The summed E-state index contributed by atoms with van der Waals surface area (Å²) in [5, 5.41) is 0. The summed E-state index contributed by atoms with van der Waals surface area (Å²) in [6.07, 6.45) is 2.89. The highest BCUT2D eigenvalue weighted by molar-refractivity contribution is 7.99. The van der Waals surface area contributed by atoms with Crippen LogP contribution in [0, 0.1) is 5.92 Å². The lowest BCUT2D eigenvalue weighted by Gasteiger charge is -2.24. The number of imide groups is 1. The highest BCUT2D eigenvalue weighted by Gasteiger charge is 2.53. The van der Waals surface area contributed by atoms with E-state index >= 15 is 0 Å². The lowest BCUT2D eigenvalue weighted by Crippen LogP contribution is -2.40. The standard InChI is InChI=1S/C25H28F2N6O3S/c1-13(2)20-23(35)32(14-3-4-14)24(36)33(20)19-11-30-7-8-37-18-9-15(5-6-16(18)22(30)29-19)31-12-25(26,27)10-17(31)21(28)34/h5-6,9,11,13-14,17,20H,3-4,7-8,10,12H2,1-2H3,(H2,28,34)/t17-,20?/m0/s1. The Hall–Kier alpha value is -3.15. The van der Waals surface area contributed by atoms with Gasteiger partial charge in [-0.05, 0) is 37.0 Å². The van der Waals surface area contributed by atoms with Crippen molar-refractivity contribution in [2.24, 2.45) is 11.7 Å². The SMILES string of the molecule is CC(C)C1C(=O)N(C2CC2)C(=O)N1c1cn2c(n1)-c1ccc(N3CC(F)(F)C[C@H]3C(N)=O)cc1SCC2. The number of hydrogen-bond donors (Lipinski definition) is 1. The van der Waals surface area contributed by atoms with Gasteiger partial charge in [-0.1, -0.05) is 13.8 Å². The van der Waals surface area contributed by atoms with E-state index in [1.54, 1.807) is 23.9 Å². The Morgan fingerprint density at radius 2 is 1.97 bits per heavy atom. The summed E-state index contributed by atoms with van der Waals surface area (Å²) in [4.78, 5) is 48.3. The monoisotopic (exact) mass is 530 g/mol. The van der Waals surface area contributed by atoms with Crippen LogP contribution in [0.25, 0.3) is 11.4 Å². The maximum absolute atomic E-state index is 14.1. The number of anilines is 2. The summed E-state index contributed by atoms with van der Waals surface area (Å²) in [6.45, 7) is 3.91. The number of primary amides is 1. The van der Waals surface area contributed by atoms with Crippen molar-refractivity contribution in [2.45, 2.75) is 68.6 Å². The maximum Gasteiger partial charge on any atom is 0.333 e. The molecule has 1 aromatic heterocycles. The number of amides is 4. The first kappa shape index (κ1) is 24.2. The number of benzene rings is 1. The molecule has 1 unspecified atom stereocenters. The number of urea groups is 1. The van der Waals surface area contributed by atoms with E-state index in [0.717, 1.165) is 23.3 Å². The van der Waals surface area contributed by atoms with Crippen LogP contribution in [0.5, 0.6) is 0 Å². The third kappa shape index (κ3) is 3.96. The van der Waals surface area contributed by atoms with Crippen molar-refractivity contribution in [3.63, 3.8) is 0 Å². The summed E-state index contributed by atoms with van der Waals surface area (Å²) in [5.74, 6) is -2.24. The minimum absolute atomic E-state index is 0.0237. The van der Waals surface area contributed by atoms with E-state index in [4.69, 9.17) is 10.7 Å². The van der Waals surface area contributed by atoms with Gasteiger partial charge in [-0.2, -0.15) is 0 Å². The highest BCUT2D eigenvalue weighted by atomic mass is 32.2. The van der Waals surface area contributed by atoms with Crippen LogP contribution in [0.15, 0.2) is 29.3 Å². The topological polar surface area (TPSA) is 105 Å². The molecule has 12 heteroatoms. The average molecular weight is 531 g/mol. The molecule has 1 aliphatic carbocycles. The first-order valence-electron chi connectivity index (χ1n) is 12.5. The number of imidazole rings is 1. The number of nitrogens with two attached hydrogens (primary N) is 1. The first-order chi connectivity index (χ1) is 17.6. The summed E-state index contributed by atoms with van der Waals surface area (Å²) in [6, 6.07) is 3.30. The third-order valence-electron chi connectivity index (χ3n) is 7.46. The summed E-state index contributed by atoms with van der Waals surface area (Å²) in [5.41, 5.74) is 6.74. The minimum atomic E-state index is -2.99. The second-order valence-corrected chi connectivity index (χ2v) is 11.7. The number of aromatic nitrogens is 2. The normalized spacial score (nSPS) is 25.1. The second-order valence-electron chi connectivity index (χ2n) is 10.5. The van der Waals surface area contributed by atoms with E-state index in [1.807, 2.05) is 30.7 Å². The summed E-state index contributed by atoms with van der Waals surface area (Å²) < 4.78 is 30.3. The molecular weight excluding hydrogens is 502 g/mol. The zero-order valence-electron chi connectivity index (χ0n) is 20.6. The molecule has 9 nitrogen and oxygen atoms in total. The molecule has 4 heterocycles. The Balaban J connectivity index is 1.36.